The van der Waals surface area contributed by atoms with Crippen LogP contribution in [-0.2, 0) is 0 Å². The van der Waals surface area contributed by atoms with E-state index in [0.717, 1.165) is 22.5 Å². The fraction of sp³-hybridized carbons (Fsp3) is 0. The van der Waals surface area contributed by atoms with Crippen LogP contribution in [-0.4, -0.2) is 5.11 Å². The summed E-state index contributed by atoms with van der Waals surface area (Å²) >= 11 is 11.6. The molecular formula is C19H15ClN2S. The zero-order valence-corrected chi connectivity index (χ0v) is 13.9. The molecule has 0 aliphatic rings. The van der Waals surface area contributed by atoms with Crippen LogP contribution in [0.1, 0.15) is 0 Å². The highest BCUT2D eigenvalue weighted by Gasteiger charge is 2.07. The Bertz CT molecular complexity index is 818. The fourth-order valence-corrected chi connectivity index (χ4v) is 2.70. The Labute approximate surface area is 146 Å². The van der Waals surface area contributed by atoms with Crippen molar-refractivity contribution in [2.45, 2.75) is 0 Å². The van der Waals surface area contributed by atoms with Gasteiger partial charge in [0.1, 0.15) is 0 Å². The normalized spacial score (nSPS) is 10.1. The molecule has 0 saturated heterocycles. The number of benzene rings is 3. The van der Waals surface area contributed by atoms with Crippen molar-refractivity contribution < 1.29 is 0 Å². The molecular weight excluding hydrogens is 324 g/mol. The van der Waals surface area contributed by atoms with Crippen molar-refractivity contribution in [2.75, 3.05) is 10.6 Å². The molecule has 0 radical (unpaired) electrons. The largest absolute Gasteiger partial charge is 0.332 e. The monoisotopic (exact) mass is 338 g/mol. The summed E-state index contributed by atoms with van der Waals surface area (Å²) in [6.07, 6.45) is 0. The van der Waals surface area contributed by atoms with Crippen LogP contribution in [0.4, 0.5) is 11.4 Å². The molecule has 2 N–H and O–H groups in total. The van der Waals surface area contributed by atoms with E-state index in [0.29, 0.717) is 10.1 Å². The first-order valence-electron chi connectivity index (χ1n) is 7.21. The van der Waals surface area contributed by atoms with Crippen molar-refractivity contribution in [3.8, 4) is 11.1 Å². The average molecular weight is 339 g/mol. The van der Waals surface area contributed by atoms with Gasteiger partial charge in [-0.25, -0.2) is 0 Å². The molecule has 0 aliphatic carbocycles. The summed E-state index contributed by atoms with van der Waals surface area (Å²) in [6.45, 7) is 0. The van der Waals surface area contributed by atoms with E-state index in [1.165, 1.54) is 0 Å². The van der Waals surface area contributed by atoms with Gasteiger partial charge in [-0.2, -0.15) is 0 Å². The van der Waals surface area contributed by atoms with Crippen molar-refractivity contribution >= 4 is 40.3 Å². The van der Waals surface area contributed by atoms with Gasteiger partial charge in [-0.05, 0) is 36.0 Å². The number of thiocarbonyl (C=S) groups is 1. The molecule has 0 saturated carbocycles. The molecule has 0 aliphatic heterocycles. The quantitative estimate of drug-likeness (QED) is 0.589. The standard InChI is InChI=1S/C19H15ClN2S/c20-16-11-5-7-13-18(16)22-19(23)21-17-12-6-4-10-15(17)14-8-2-1-3-9-14/h1-13H,(H2,21,22,23). The Morgan fingerprint density at radius 1 is 0.696 bits per heavy atom. The predicted octanol–water partition coefficient (Wildman–Crippen LogP) is 5.82. The van der Waals surface area contributed by atoms with Gasteiger partial charge in [0.25, 0.3) is 0 Å². The summed E-state index contributed by atoms with van der Waals surface area (Å²) in [6, 6.07) is 25.8. The van der Waals surface area contributed by atoms with E-state index in [1.807, 2.05) is 60.7 Å². The molecule has 3 rings (SSSR count). The van der Waals surface area contributed by atoms with Crippen LogP contribution in [0.5, 0.6) is 0 Å². The van der Waals surface area contributed by atoms with Gasteiger partial charge >= 0.3 is 0 Å². The number of hydrogen-bond donors (Lipinski definition) is 2. The second kappa shape index (κ2) is 7.27. The molecule has 23 heavy (non-hydrogen) atoms. The minimum atomic E-state index is 0.501. The molecule has 0 aromatic heterocycles. The summed E-state index contributed by atoms with van der Waals surface area (Å²) in [7, 11) is 0. The smallest absolute Gasteiger partial charge is 0.175 e. The van der Waals surface area contributed by atoms with E-state index in [2.05, 4.69) is 28.8 Å². The fourth-order valence-electron chi connectivity index (χ4n) is 2.30. The summed E-state index contributed by atoms with van der Waals surface area (Å²) in [5, 5.41) is 7.51. The van der Waals surface area contributed by atoms with Gasteiger partial charge in [-0.1, -0.05) is 72.3 Å². The molecule has 0 heterocycles. The number of para-hydroxylation sites is 2. The molecule has 0 fully saturated rings. The molecule has 4 heteroatoms. The Kier molecular flexibility index (Phi) is 4.91. The van der Waals surface area contributed by atoms with Gasteiger partial charge < -0.3 is 10.6 Å². The van der Waals surface area contributed by atoms with Crippen molar-refractivity contribution in [2.24, 2.45) is 0 Å². The lowest BCUT2D eigenvalue weighted by atomic mass is 10.0. The lowest BCUT2D eigenvalue weighted by Gasteiger charge is -2.15. The number of rotatable bonds is 3. The van der Waals surface area contributed by atoms with Gasteiger partial charge in [-0.3, -0.25) is 0 Å². The Balaban J connectivity index is 1.81. The topological polar surface area (TPSA) is 24.1 Å². The van der Waals surface area contributed by atoms with E-state index in [1.54, 1.807) is 0 Å². The summed E-state index contributed by atoms with van der Waals surface area (Å²) in [5.74, 6) is 0. The van der Waals surface area contributed by atoms with Crippen LogP contribution in [0.2, 0.25) is 5.02 Å². The molecule has 2 nitrogen and oxygen atoms in total. The third-order valence-corrected chi connectivity index (χ3v) is 3.92. The van der Waals surface area contributed by atoms with Crippen molar-refractivity contribution in [3.05, 3.63) is 83.9 Å². The molecule has 0 spiro atoms. The Hall–Kier alpha value is -2.36. The third-order valence-electron chi connectivity index (χ3n) is 3.38. The molecule has 0 amide bonds. The van der Waals surface area contributed by atoms with Crippen LogP contribution < -0.4 is 10.6 Å². The maximum atomic E-state index is 6.15. The maximum Gasteiger partial charge on any atom is 0.175 e. The molecule has 3 aromatic rings. The van der Waals surface area contributed by atoms with Gasteiger partial charge in [-0.15, -0.1) is 0 Å². The summed E-state index contributed by atoms with van der Waals surface area (Å²) in [5.41, 5.74) is 3.96. The molecule has 114 valence electrons. The number of halogens is 1. The SMILES string of the molecule is S=C(Nc1ccccc1Cl)Nc1ccccc1-c1ccccc1. The van der Waals surface area contributed by atoms with Crippen LogP contribution in [0, 0.1) is 0 Å². The maximum absolute atomic E-state index is 6.15. The van der Waals surface area contributed by atoms with E-state index < -0.39 is 0 Å². The molecule has 0 atom stereocenters. The van der Waals surface area contributed by atoms with Crippen LogP contribution >= 0.6 is 23.8 Å². The highest BCUT2D eigenvalue weighted by molar-refractivity contribution is 7.80. The van der Waals surface area contributed by atoms with Crippen LogP contribution in [0.3, 0.4) is 0 Å². The molecule has 0 unspecified atom stereocenters. The zero-order valence-electron chi connectivity index (χ0n) is 12.3. The lowest BCUT2D eigenvalue weighted by molar-refractivity contribution is 1.57. The van der Waals surface area contributed by atoms with E-state index in [4.69, 9.17) is 23.8 Å². The molecule has 0 bridgehead atoms. The van der Waals surface area contributed by atoms with Gasteiger partial charge in [0.15, 0.2) is 5.11 Å². The van der Waals surface area contributed by atoms with Gasteiger partial charge in [0, 0.05) is 11.3 Å². The first-order chi connectivity index (χ1) is 11.2. The number of nitrogens with one attached hydrogen (secondary N) is 2. The zero-order chi connectivity index (χ0) is 16.1. The van der Waals surface area contributed by atoms with Crippen LogP contribution in [0.15, 0.2) is 78.9 Å². The van der Waals surface area contributed by atoms with Gasteiger partial charge in [0.2, 0.25) is 0 Å². The second-order valence-electron chi connectivity index (χ2n) is 4.97. The average Bonchev–Trinajstić information content (AvgIpc) is 2.58. The summed E-state index contributed by atoms with van der Waals surface area (Å²) < 4.78 is 0. The Morgan fingerprint density at radius 2 is 1.26 bits per heavy atom. The van der Waals surface area contributed by atoms with E-state index in [9.17, 15) is 0 Å². The van der Waals surface area contributed by atoms with E-state index >= 15 is 0 Å². The highest BCUT2D eigenvalue weighted by atomic mass is 35.5. The van der Waals surface area contributed by atoms with Crippen molar-refractivity contribution in [1.82, 2.24) is 0 Å². The highest BCUT2D eigenvalue weighted by Crippen LogP contribution is 2.28. The van der Waals surface area contributed by atoms with Crippen molar-refractivity contribution in [1.29, 1.82) is 0 Å². The Morgan fingerprint density at radius 3 is 2.00 bits per heavy atom. The van der Waals surface area contributed by atoms with E-state index in [-0.39, 0.29) is 0 Å². The summed E-state index contributed by atoms with van der Waals surface area (Å²) in [4.78, 5) is 0. The second-order valence-corrected chi connectivity index (χ2v) is 5.79. The first kappa shape index (κ1) is 15.5. The van der Waals surface area contributed by atoms with Gasteiger partial charge in [0.05, 0.1) is 10.7 Å². The van der Waals surface area contributed by atoms with Crippen molar-refractivity contribution in [3.63, 3.8) is 0 Å². The lowest BCUT2D eigenvalue weighted by Crippen LogP contribution is -2.19. The number of anilines is 2. The minimum Gasteiger partial charge on any atom is -0.332 e. The third kappa shape index (κ3) is 3.89. The predicted molar refractivity (Wildman–Crippen MR) is 103 cm³/mol. The number of hydrogen-bond acceptors (Lipinski definition) is 1. The molecule has 3 aromatic carbocycles. The minimum absolute atomic E-state index is 0.501. The first-order valence-corrected chi connectivity index (χ1v) is 7.99. The van der Waals surface area contributed by atoms with Crippen LogP contribution in [0.25, 0.3) is 11.1 Å².